The third kappa shape index (κ3) is 8.06. The van der Waals surface area contributed by atoms with Crippen molar-refractivity contribution in [2.75, 3.05) is 0 Å². The number of rotatable bonds is 1. The van der Waals surface area contributed by atoms with Crippen LogP contribution in [-0.4, -0.2) is 22.5 Å². The van der Waals surface area contributed by atoms with E-state index in [2.05, 4.69) is 0 Å². The standard InChI is InChI=1S/C6H11Cl.C3H7NO2/c7-6-4-2-1-3-5-6;1-2(4)3(5)6/h6H,1-5H2;2H,4H2,1H3,(H,5,6). The van der Waals surface area contributed by atoms with Crippen molar-refractivity contribution >= 4 is 17.6 Å². The van der Waals surface area contributed by atoms with Gasteiger partial charge in [0.25, 0.3) is 0 Å². The van der Waals surface area contributed by atoms with Crippen LogP contribution in [0.2, 0.25) is 0 Å². The summed E-state index contributed by atoms with van der Waals surface area (Å²) in [6.45, 7) is 1.42. The quantitative estimate of drug-likeness (QED) is 0.647. The second kappa shape index (κ2) is 7.15. The molecule has 1 rings (SSSR count). The Morgan fingerprint density at radius 1 is 1.46 bits per heavy atom. The summed E-state index contributed by atoms with van der Waals surface area (Å²) >= 11 is 5.82. The second-order valence-electron chi connectivity index (χ2n) is 3.36. The fourth-order valence-corrected chi connectivity index (χ4v) is 1.36. The highest BCUT2D eigenvalue weighted by Crippen LogP contribution is 2.21. The number of halogens is 1. The van der Waals surface area contributed by atoms with Crippen molar-refractivity contribution in [2.24, 2.45) is 5.73 Å². The van der Waals surface area contributed by atoms with Crippen LogP contribution >= 0.6 is 11.6 Å². The van der Waals surface area contributed by atoms with E-state index in [0.717, 1.165) is 0 Å². The Bertz CT molecular complexity index is 145. The smallest absolute Gasteiger partial charge is 0.320 e. The van der Waals surface area contributed by atoms with E-state index < -0.39 is 12.0 Å². The molecule has 3 N–H and O–H groups in total. The summed E-state index contributed by atoms with van der Waals surface area (Å²) < 4.78 is 0. The van der Waals surface area contributed by atoms with Crippen molar-refractivity contribution in [2.45, 2.75) is 50.4 Å². The summed E-state index contributed by atoms with van der Waals surface area (Å²) in [4.78, 5) is 9.57. The second-order valence-corrected chi connectivity index (χ2v) is 3.98. The normalized spacial score (nSPS) is 19.9. The van der Waals surface area contributed by atoms with Crippen molar-refractivity contribution in [1.29, 1.82) is 0 Å². The number of hydrogen-bond acceptors (Lipinski definition) is 2. The SMILES string of the molecule is CC(N)C(=O)O.ClC1CCCCC1. The van der Waals surface area contributed by atoms with Gasteiger partial charge in [0.2, 0.25) is 0 Å². The van der Waals surface area contributed by atoms with Gasteiger partial charge in [-0.15, -0.1) is 11.6 Å². The summed E-state index contributed by atoms with van der Waals surface area (Å²) in [6.07, 6.45) is 6.62. The number of alkyl halides is 1. The predicted octanol–water partition coefficient (Wildman–Crippen LogP) is 1.98. The summed E-state index contributed by atoms with van der Waals surface area (Å²) in [5.74, 6) is -0.963. The number of carbonyl (C=O) groups is 1. The maximum absolute atomic E-state index is 9.57. The van der Waals surface area contributed by atoms with Crippen LogP contribution in [0.5, 0.6) is 0 Å². The molecule has 0 amide bonds. The van der Waals surface area contributed by atoms with Crippen LogP contribution in [0.4, 0.5) is 0 Å². The molecule has 1 unspecified atom stereocenters. The molecule has 0 saturated heterocycles. The van der Waals surface area contributed by atoms with Crippen LogP contribution in [0, 0.1) is 0 Å². The average Bonchev–Trinajstić information content (AvgIpc) is 2.06. The van der Waals surface area contributed by atoms with E-state index in [0.29, 0.717) is 5.38 Å². The lowest BCUT2D eigenvalue weighted by Gasteiger charge is -2.13. The van der Waals surface area contributed by atoms with Gasteiger partial charge in [0.1, 0.15) is 6.04 Å². The van der Waals surface area contributed by atoms with E-state index >= 15 is 0 Å². The monoisotopic (exact) mass is 207 g/mol. The minimum absolute atomic E-state index is 0.508. The highest BCUT2D eigenvalue weighted by molar-refractivity contribution is 6.20. The van der Waals surface area contributed by atoms with Gasteiger partial charge < -0.3 is 10.8 Å². The first-order chi connectivity index (χ1) is 6.04. The minimum atomic E-state index is -0.963. The predicted molar refractivity (Wildman–Crippen MR) is 54.0 cm³/mol. The summed E-state index contributed by atoms with van der Waals surface area (Å²) in [7, 11) is 0. The largest absolute Gasteiger partial charge is 0.480 e. The molecule has 0 radical (unpaired) electrons. The fraction of sp³-hybridized carbons (Fsp3) is 0.889. The van der Waals surface area contributed by atoms with Crippen LogP contribution in [0.25, 0.3) is 0 Å². The molecule has 1 aliphatic carbocycles. The van der Waals surface area contributed by atoms with Gasteiger partial charge in [0.15, 0.2) is 0 Å². The number of carboxylic acids is 1. The van der Waals surface area contributed by atoms with E-state index in [-0.39, 0.29) is 0 Å². The molecule has 1 fully saturated rings. The Morgan fingerprint density at radius 2 is 1.85 bits per heavy atom. The van der Waals surface area contributed by atoms with Crippen molar-refractivity contribution in [3.05, 3.63) is 0 Å². The third-order valence-corrected chi connectivity index (χ3v) is 2.36. The van der Waals surface area contributed by atoms with Gasteiger partial charge in [-0.25, -0.2) is 0 Å². The number of hydrogen-bond donors (Lipinski definition) is 2. The van der Waals surface area contributed by atoms with Gasteiger partial charge in [-0.1, -0.05) is 19.3 Å². The van der Waals surface area contributed by atoms with Gasteiger partial charge in [-0.2, -0.15) is 0 Å². The first kappa shape index (κ1) is 12.7. The molecule has 0 aliphatic heterocycles. The lowest BCUT2D eigenvalue weighted by Crippen LogP contribution is -2.25. The van der Waals surface area contributed by atoms with Crippen LogP contribution in [-0.2, 0) is 4.79 Å². The molecule has 3 nitrogen and oxygen atoms in total. The molecule has 1 atom stereocenters. The van der Waals surface area contributed by atoms with Crippen LogP contribution in [0.3, 0.4) is 0 Å². The molecular formula is C9H18ClNO2. The molecular weight excluding hydrogens is 190 g/mol. The van der Waals surface area contributed by atoms with Crippen LogP contribution in [0.1, 0.15) is 39.0 Å². The molecule has 0 spiro atoms. The molecule has 0 bridgehead atoms. The van der Waals surface area contributed by atoms with E-state index in [1.165, 1.54) is 39.0 Å². The number of carboxylic acid groups (broad SMARTS) is 1. The topological polar surface area (TPSA) is 63.3 Å². The summed E-state index contributed by atoms with van der Waals surface area (Å²) in [6, 6.07) is -0.731. The van der Waals surface area contributed by atoms with E-state index in [1.54, 1.807) is 0 Å². The van der Waals surface area contributed by atoms with Crippen LogP contribution in [0.15, 0.2) is 0 Å². The summed E-state index contributed by atoms with van der Waals surface area (Å²) in [5.41, 5.74) is 4.84. The maximum Gasteiger partial charge on any atom is 0.320 e. The molecule has 78 valence electrons. The average molecular weight is 208 g/mol. The number of nitrogens with two attached hydrogens (primary N) is 1. The molecule has 0 aromatic carbocycles. The van der Waals surface area contributed by atoms with Gasteiger partial charge in [-0.05, 0) is 19.8 Å². The zero-order valence-corrected chi connectivity index (χ0v) is 8.76. The zero-order valence-electron chi connectivity index (χ0n) is 8.00. The van der Waals surface area contributed by atoms with E-state index in [9.17, 15) is 4.79 Å². The first-order valence-corrected chi connectivity index (χ1v) is 5.10. The highest BCUT2D eigenvalue weighted by Gasteiger charge is 2.08. The Hall–Kier alpha value is -0.280. The third-order valence-electron chi connectivity index (χ3n) is 1.92. The van der Waals surface area contributed by atoms with Crippen molar-refractivity contribution in [3.63, 3.8) is 0 Å². The Morgan fingerprint density at radius 3 is 2.00 bits per heavy atom. The molecule has 0 aromatic heterocycles. The zero-order chi connectivity index (χ0) is 10.3. The van der Waals surface area contributed by atoms with Crippen molar-refractivity contribution in [3.8, 4) is 0 Å². The number of aliphatic carboxylic acids is 1. The van der Waals surface area contributed by atoms with Gasteiger partial charge in [0, 0.05) is 5.38 Å². The van der Waals surface area contributed by atoms with Crippen molar-refractivity contribution in [1.82, 2.24) is 0 Å². The molecule has 13 heavy (non-hydrogen) atoms. The fourth-order valence-electron chi connectivity index (χ4n) is 1.05. The Balaban J connectivity index is 0.000000226. The van der Waals surface area contributed by atoms with E-state index in [1.807, 2.05) is 0 Å². The minimum Gasteiger partial charge on any atom is -0.480 e. The molecule has 0 aromatic rings. The lowest BCUT2D eigenvalue weighted by molar-refractivity contribution is -0.138. The lowest BCUT2D eigenvalue weighted by atomic mass is 10.0. The Kier molecular flexibility index (Phi) is 7.00. The van der Waals surface area contributed by atoms with Crippen molar-refractivity contribution < 1.29 is 9.90 Å². The van der Waals surface area contributed by atoms with Gasteiger partial charge >= 0.3 is 5.97 Å². The maximum atomic E-state index is 9.57. The van der Waals surface area contributed by atoms with Gasteiger partial charge in [-0.3, -0.25) is 4.79 Å². The van der Waals surface area contributed by atoms with Crippen LogP contribution < -0.4 is 5.73 Å². The first-order valence-electron chi connectivity index (χ1n) is 4.66. The molecule has 0 heterocycles. The highest BCUT2D eigenvalue weighted by atomic mass is 35.5. The molecule has 4 heteroatoms. The van der Waals surface area contributed by atoms with Gasteiger partial charge in [0.05, 0.1) is 0 Å². The molecule has 1 aliphatic rings. The Labute approximate surface area is 84.3 Å². The summed E-state index contributed by atoms with van der Waals surface area (Å²) in [5, 5.41) is 8.37. The molecule has 1 saturated carbocycles. The van der Waals surface area contributed by atoms with E-state index in [4.69, 9.17) is 22.4 Å².